The molecule has 0 heterocycles. The molecule has 110 valence electrons. The molecule has 5 heteroatoms. The van der Waals surface area contributed by atoms with Crippen LogP contribution in [0.4, 0.5) is 0 Å². The fraction of sp³-hybridized carbons (Fsp3) is 0.923. The van der Waals surface area contributed by atoms with Gasteiger partial charge in [0.25, 0.3) is 0 Å². The van der Waals surface area contributed by atoms with Crippen LogP contribution in [-0.4, -0.2) is 30.2 Å². The maximum Gasteiger partial charge on any atom is 0.236 e. The maximum atomic E-state index is 11.7. The molecule has 0 aliphatic carbocycles. The van der Waals surface area contributed by atoms with Crippen molar-refractivity contribution in [1.82, 2.24) is 5.32 Å². The maximum absolute atomic E-state index is 11.7. The third-order valence-electron chi connectivity index (χ3n) is 3.72. The molecule has 1 unspecified atom stereocenters. The van der Waals surface area contributed by atoms with Crippen LogP contribution in [0.3, 0.4) is 0 Å². The summed E-state index contributed by atoms with van der Waals surface area (Å²) in [6, 6.07) is -0.402. The highest BCUT2D eigenvalue weighted by Gasteiger charge is 2.26. The van der Waals surface area contributed by atoms with E-state index in [1.165, 1.54) is 0 Å². The van der Waals surface area contributed by atoms with Crippen molar-refractivity contribution in [1.29, 1.82) is 0 Å². The lowest BCUT2D eigenvalue weighted by Gasteiger charge is -2.31. The van der Waals surface area contributed by atoms with Crippen molar-refractivity contribution in [2.45, 2.75) is 58.9 Å². The molecular formula is C13H29ClN2O2. The summed E-state index contributed by atoms with van der Waals surface area (Å²) in [7, 11) is 0. The van der Waals surface area contributed by atoms with Crippen molar-refractivity contribution in [2.24, 2.45) is 11.1 Å². The van der Waals surface area contributed by atoms with E-state index in [-0.39, 0.29) is 30.3 Å². The number of hydrogen-bond donors (Lipinski definition) is 3. The van der Waals surface area contributed by atoms with Gasteiger partial charge in [-0.05, 0) is 31.1 Å². The average molecular weight is 281 g/mol. The van der Waals surface area contributed by atoms with Crippen LogP contribution in [0.2, 0.25) is 0 Å². The molecule has 1 amide bonds. The lowest BCUT2D eigenvalue weighted by atomic mass is 9.79. The number of nitrogens with two attached hydrogens (primary N) is 1. The van der Waals surface area contributed by atoms with Gasteiger partial charge >= 0.3 is 0 Å². The fourth-order valence-electron chi connectivity index (χ4n) is 2.03. The molecule has 1 atom stereocenters. The number of hydrogen-bond acceptors (Lipinski definition) is 3. The van der Waals surface area contributed by atoms with E-state index in [0.717, 1.165) is 32.1 Å². The molecule has 0 bridgehead atoms. The molecule has 4 N–H and O–H groups in total. The second-order valence-corrected chi connectivity index (χ2v) is 4.79. The zero-order valence-corrected chi connectivity index (χ0v) is 12.7. The summed E-state index contributed by atoms with van der Waals surface area (Å²) in [5.41, 5.74) is 5.76. The Hall–Kier alpha value is -0.320. The van der Waals surface area contributed by atoms with Crippen molar-refractivity contribution < 1.29 is 9.90 Å². The van der Waals surface area contributed by atoms with Crippen molar-refractivity contribution in [3.63, 3.8) is 0 Å². The largest absolute Gasteiger partial charge is 0.396 e. The van der Waals surface area contributed by atoms with Gasteiger partial charge in [0.05, 0.1) is 6.04 Å². The Labute approximate surface area is 117 Å². The fourth-order valence-corrected chi connectivity index (χ4v) is 2.03. The topological polar surface area (TPSA) is 75.4 Å². The molecule has 0 radical (unpaired) electrons. The second-order valence-electron chi connectivity index (χ2n) is 4.79. The number of aliphatic hydroxyl groups is 1. The van der Waals surface area contributed by atoms with Gasteiger partial charge in [-0.3, -0.25) is 4.79 Å². The van der Waals surface area contributed by atoms with Crippen molar-refractivity contribution >= 4 is 18.3 Å². The highest BCUT2D eigenvalue weighted by Crippen LogP contribution is 2.29. The summed E-state index contributed by atoms with van der Waals surface area (Å²) >= 11 is 0. The lowest BCUT2D eigenvalue weighted by Crippen LogP contribution is -2.45. The first kappa shape index (κ1) is 20.0. The van der Waals surface area contributed by atoms with Crippen LogP contribution in [-0.2, 0) is 4.79 Å². The molecule has 0 aromatic heterocycles. The van der Waals surface area contributed by atoms with Crippen LogP contribution < -0.4 is 11.1 Å². The number of amides is 1. The second kappa shape index (κ2) is 10.6. The van der Waals surface area contributed by atoms with Gasteiger partial charge < -0.3 is 16.2 Å². The van der Waals surface area contributed by atoms with Crippen molar-refractivity contribution in [3.05, 3.63) is 0 Å². The van der Waals surface area contributed by atoms with Crippen LogP contribution >= 0.6 is 12.4 Å². The van der Waals surface area contributed by atoms with Gasteiger partial charge in [0.15, 0.2) is 0 Å². The van der Waals surface area contributed by atoms with Crippen LogP contribution in [0, 0.1) is 5.41 Å². The lowest BCUT2D eigenvalue weighted by molar-refractivity contribution is -0.123. The molecular weight excluding hydrogens is 252 g/mol. The molecule has 0 rings (SSSR count). The Morgan fingerprint density at radius 3 is 2.28 bits per heavy atom. The number of rotatable bonds is 9. The van der Waals surface area contributed by atoms with E-state index in [1.54, 1.807) is 0 Å². The summed E-state index contributed by atoms with van der Waals surface area (Å²) in [6.07, 6.45) is 4.26. The van der Waals surface area contributed by atoms with E-state index >= 15 is 0 Å². The van der Waals surface area contributed by atoms with E-state index < -0.39 is 6.04 Å². The van der Waals surface area contributed by atoms with Crippen LogP contribution in [0.25, 0.3) is 0 Å². The van der Waals surface area contributed by atoms with Gasteiger partial charge in [0, 0.05) is 13.2 Å². The molecule has 0 aromatic rings. The van der Waals surface area contributed by atoms with Crippen LogP contribution in [0.5, 0.6) is 0 Å². The first-order chi connectivity index (χ1) is 8.05. The van der Waals surface area contributed by atoms with E-state index in [2.05, 4.69) is 19.2 Å². The summed E-state index contributed by atoms with van der Waals surface area (Å²) in [6.45, 7) is 6.98. The smallest absolute Gasteiger partial charge is 0.236 e. The summed E-state index contributed by atoms with van der Waals surface area (Å²) in [5, 5.41) is 12.0. The normalized spacial score (nSPS) is 12.7. The SMILES string of the molecule is CCCC(N)C(=O)NCC(CC)(CC)CCO.Cl. The minimum atomic E-state index is -0.402. The molecule has 0 fully saturated rings. The van der Waals surface area contributed by atoms with Crippen molar-refractivity contribution in [2.75, 3.05) is 13.2 Å². The Kier molecular flexibility index (Phi) is 11.8. The third-order valence-corrected chi connectivity index (χ3v) is 3.72. The number of nitrogens with one attached hydrogen (secondary N) is 1. The Morgan fingerprint density at radius 2 is 1.89 bits per heavy atom. The number of carbonyl (C=O) groups is 1. The molecule has 4 nitrogen and oxygen atoms in total. The molecule has 0 aliphatic heterocycles. The summed E-state index contributed by atoms with van der Waals surface area (Å²) in [4.78, 5) is 11.7. The minimum Gasteiger partial charge on any atom is -0.396 e. The Morgan fingerprint density at radius 1 is 1.33 bits per heavy atom. The first-order valence-corrected chi connectivity index (χ1v) is 6.69. The zero-order chi connectivity index (χ0) is 13.3. The molecule has 18 heavy (non-hydrogen) atoms. The van der Waals surface area contributed by atoms with Gasteiger partial charge in [0.1, 0.15) is 0 Å². The number of carbonyl (C=O) groups excluding carboxylic acids is 1. The molecule has 0 spiro atoms. The molecule has 0 saturated carbocycles. The average Bonchev–Trinajstić information content (AvgIpc) is 2.34. The highest BCUT2D eigenvalue weighted by molar-refractivity contribution is 5.85. The van der Waals surface area contributed by atoms with E-state index in [0.29, 0.717) is 6.54 Å². The van der Waals surface area contributed by atoms with E-state index in [9.17, 15) is 4.79 Å². The van der Waals surface area contributed by atoms with Gasteiger partial charge in [0.2, 0.25) is 5.91 Å². The predicted octanol–water partition coefficient (Wildman–Crippen LogP) is 1.84. The highest BCUT2D eigenvalue weighted by atomic mass is 35.5. The Bertz CT molecular complexity index is 221. The molecule has 0 aliphatic rings. The molecule has 0 saturated heterocycles. The summed E-state index contributed by atoms with van der Waals surface area (Å²) < 4.78 is 0. The van der Waals surface area contributed by atoms with E-state index in [1.807, 2.05) is 6.92 Å². The number of halogens is 1. The van der Waals surface area contributed by atoms with Gasteiger partial charge in [-0.25, -0.2) is 0 Å². The van der Waals surface area contributed by atoms with Gasteiger partial charge in [-0.1, -0.05) is 27.2 Å². The Balaban J connectivity index is 0. The zero-order valence-electron chi connectivity index (χ0n) is 11.9. The van der Waals surface area contributed by atoms with Crippen molar-refractivity contribution in [3.8, 4) is 0 Å². The predicted molar refractivity (Wildman–Crippen MR) is 77.9 cm³/mol. The van der Waals surface area contributed by atoms with Gasteiger partial charge in [-0.2, -0.15) is 0 Å². The summed E-state index contributed by atoms with van der Waals surface area (Å²) in [5.74, 6) is -0.0731. The third kappa shape index (κ3) is 6.57. The van der Waals surface area contributed by atoms with Crippen LogP contribution in [0.1, 0.15) is 52.9 Å². The van der Waals surface area contributed by atoms with E-state index in [4.69, 9.17) is 10.8 Å². The minimum absolute atomic E-state index is 0. The monoisotopic (exact) mass is 280 g/mol. The number of aliphatic hydroxyl groups excluding tert-OH is 1. The molecule has 0 aromatic carbocycles. The first-order valence-electron chi connectivity index (χ1n) is 6.69. The van der Waals surface area contributed by atoms with Crippen LogP contribution in [0.15, 0.2) is 0 Å². The quantitative estimate of drug-likeness (QED) is 0.603. The standard InChI is InChI=1S/C13H28N2O2.ClH/c1-4-7-11(14)12(17)15-10-13(5-2,6-3)8-9-16;/h11,16H,4-10,14H2,1-3H3,(H,15,17);1H. The van der Waals surface area contributed by atoms with Gasteiger partial charge in [-0.15, -0.1) is 12.4 Å².